The average molecular weight is 275 g/mol. The van der Waals surface area contributed by atoms with Gasteiger partial charge in [-0.05, 0) is 12.5 Å². The Hall–Kier alpha value is -2.50. The maximum Gasteiger partial charge on any atom is 0.323 e. The van der Waals surface area contributed by atoms with Crippen LogP contribution in [-0.2, 0) is 19.2 Å². The molecule has 20 heavy (non-hydrogen) atoms. The van der Waals surface area contributed by atoms with Crippen LogP contribution in [0, 0.1) is 5.92 Å². The molecule has 1 heterocycles. The highest BCUT2D eigenvalue weighted by Gasteiger charge is 2.50. The third-order valence-corrected chi connectivity index (χ3v) is 3.29. The second-order valence-electron chi connectivity index (χ2n) is 4.63. The monoisotopic (exact) mass is 275 g/mol. The summed E-state index contributed by atoms with van der Waals surface area (Å²) in [4.78, 5) is 47.3. The van der Waals surface area contributed by atoms with Gasteiger partial charge >= 0.3 is 5.97 Å². The fourth-order valence-corrected chi connectivity index (χ4v) is 2.47. The Bertz CT molecular complexity index is 580. The molecule has 1 aromatic rings. The van der Waals surface area contributed by atoms with Gasteiger partial charge < -0.3 is 10.0 Å². The lowest BCUT2D eigenvalue weighted by Gasteiger charge is -2.25. The minimum absolute atomic E-state index is 0.440. The van der Waals surface area contributed by atoms with E-state index in [1.807, 2.05) is 0 Å². The molecule has 2 atom stereocenters. The van der Waals surface area contributed by atoms with E-state index in [0.29, 0.717) is 5.56 Å². The molecule has 0 aliphatic carbocycles. The lowest BCUT2D eigenvalue weighted by molar-refractivity contribution is -0.146. The molecule has 2 unspecified atom stereocenters. The fraction of sp³-hybridized carbons (Fsp3) is 0.286. The summed E-state index contributed by atoms with van der Waals surface area (Å²) in [6.07, 6.45) is 0. The van der Waals surface area contributed by atoms with Gasteiger partial charge in [-0.25, -0.2) is 0 Å². The van der Waals surface area contributed by atoms with Crippen LogP contribution in [-0.4, -0.2) is 40.0 Å². The Labute approximate surface area is 115 Å². The van der Waals surface area contributed by atoms with Gasteiger partial charge in [0.25, 0.3) is 5.91 Å². The number of carboxylic acids is 1. The molecule has 0 spiro atoms. The predicted molar refractivity (Wildman–Crippen MR) is 67.7 cm³/mol. The Kier molecular flexibility index (Phi) is 3.65. The maximum absolute atomic E-state index is 11.9. The van der Waals surface area contributed by atoms with Crippen LogP contribution in [0.4, 0.5) is 0 Å². The van der Waals surface area contributed by atoms with E-state index in [2.05, 4.69) is 0 Å². The van der Waals surface area contributed by atoms with Gasteiger partial charge in [-0.15, -0.1) is 0 Å². The van der Waals surface area contributed by atoms with Gasteiger partial charge in [0.1, 0.15) is 18.2 Å². The zero-order chi connectivity index (χ0) is 14.9. The van der Waals surface area contributed by atoms with E-state index < -0.39 is 41.9 Å². The lowest BCUT2D eigenvalue weighted by atomic mass is 9.90. The number of carboxylic acid groups (broad SMARTS) is 1. The zero-order valence-electron chi connectivity index (χ0n) is 10.8. The van der Waals surface area contributed by atoms with E-state index in [1.54, 1.807) is 30.3 Å². The first-order valence-electron chi connectivity index (χ1n) is 6.05. The molecule has 6 heteroatoms. The number of likely N-dealkylation sites (tertiary alicyclic amines) is 1. The summed E-state index contributed by atoms with van der Waals surface area (Å²) in [6, 6.07) is 7.66. The summed E-state index contributed by atoms with van der Waals surface area (Å²) in [5.41, 5.74) is 0.577. The highest BCUT2D eigenvalue weighted by Crippen LogP contribution is 2.36. The molecule has 104 valence electrons. The van der Waals surface area contributed by atoms with Crippen molar-refractivity contribution < 1.29 is 24.3 Å². The van der Waals surface area contributed by atoms with Gasteiger partial charge in [0.2, 0.25) is 5.78 Å². The Morgan fingerprint density at radius 2 is 1.80 bits per heavy atom. The Balaban J connectivity index is 2.49. The van der Waals surface area contributed by atoms with Crippen molar-refractivity contribution in [2.45, 2.75) is 13.0 Å². The van der Waals surface area contributed by atoms with E-state index in [9.17, 15) is 19.2 Å². The zero-order valence-corrected chi connectivity index (χ0v) is 10.8. The Morgan fingerprint density at radius 1 is 1.20 bits per heavy atom. The smallest absolute Gasteiger partial charge is 0.323 e. The molecule has 6 nitrogen and oxygen atoms in total. The van der Waals surface area contributed by atoms with Crippen molar-refractivity contribution in [2.24, 2.45) is 5.92 Å². The van der Waals surface area contributed by atoms with E-state index in [1.165, 1.54) is 6.92 Å². The number of benzene rings is 1. The van der Waals surface area contributed by atoms with Crippen molar-refractivity contribution in [3.05, 3.63) is 35.9 Å². The molecule has 2 rings (SSSR count). The average Bonchev–Trinajstić information content (AvgIpc) is 2.64. The highest BCUT2D eigenvalue weighted by atomic mass is 16.4. The van der Waals surface area contributed by atoms with Crippen LogP contribution in [0.1, 0.15) is 18.5 Å². The SMILES string of the molecule is CC(=O)C1C(=O)C(=O)N(CC(=O)O)C1c1ccccc1. The van der Waals surface area contributed by atoms with Gasteiger partial charge in [-0.1, -0.05) is 30.3 Å². The summed E-state index contributed by atoms with van der Waals surface area (Å²) in [6.45, 7) is 0.629. The number of hydrogen-bond donors (Lipinski definition) is 1. The van der Waals surface area contributed by atoms with E-state index >= 15 is 0 Å². The second-order valence-corrected chi connectivity index (χ2v) is 4.63. The molecule has 1 aliphatic heterocycles. The summed E-state index contributed by atoms with van der Waals surface area (Å²) in [7, 11) is 0. The third kappa shape index (κ3) is 2.32. The van der Waals surface area contributed by atoms with Crippen LogP contribution in [0.3, 0.4) is 0 Å². The van der Waals surface area contributed by atoms with Crippen LogP contribution in [0.15, 0.2) is 30.3 Å². The van der Waals surface area contributed by atoms with Gasteiger partial charge in [0, 0.05) is 0 Å². The van der Waals surface area contributed by atoms with Crippen LogP contribution in [0.5, 0.6) is 0 Å². The minimum Gasteiger partial charge on any atom is -0.480 e. The van der Waals surface area contributed by atoms with Crippen molar-refractivity contribution in [3.63, 3.8) is 0 Å². The quantitative estimate of drug-likeness (QED) is 0.635. The molecular formula is C14H13NO5. The van der Waals surface area contributed by atoms with Crippen molar-refractivity contribution in [2.75, 3.05) is 6.54 Å². The number of Topliss-reactive ketones (excluding diaryl/α,β-unsaturated/α-hetero) is 2. The Morgan fingerprint density at radius 3 is 2.30 bits per heavy atom. The van der Waals surface area contributed by atoms with Gasteiger partial charge in [0.15, 0.2) is 0 Å². The molecule has 1 aromatic carbocycles. The van der Waals surface area contributed by atoms with Crippen LogP contribution >= 0.6 is 0 Å². The van der Waals surface area contributed by atoms with E-state index in [4.69, 9.17) is 5.11 Å². The van der Waals surface area contributed by atoms with Crippen molar-refractivity contribution >= 4 is 23.4 Å². The first kappa shape index (κ1) is 13.9. The standard InChI is InChI=1S/C14H13NO5/c1-8(16)11-12(9-5-3-2-4-6-9)15(7-10(17)18)14(20)13(11)19/h2-6,11-12H,7H2,1H3,(H,17,18). The summed E-state index contributed by atoms with van der Waals surface area (Å²) in [5, 5.41) is 8.88. The number of carbonyl (C=O) groups excluding carboxylic acids is 3. The van der Waals surface area contributed by atoms with E-state index in [0.717, 1.165) is 4.90 Å². The summed E-state index contributed by atoms with van der Waals surface area (Å²) >= 11 is 0. The molecule has 0 radical (unpaired) electrons. The maximum atomic E-state index is 11.9. The van der Waals surface area contributed by atoms with Crippen LogP contribution in [0.25, 0.3) is 0 Å². The summed E-state index contributed by atoms with van der Waals surface area (Å²) in [5.74, 6) is -4.56. The molecule has 0 bridgehead atoms. The lowest BCUT2D eigenvalue weighted by Crippen LogP contribution is -2.35. The number of carbonyl (C=O) groups is 4. The van der Waals surface area contributed by atoms with Crippen molar-refractivity contribution in [3.8, 4) is 0 Å². The molecule has 0 saturated carbocycles. The number of rotatable bonds is 4. The topological polar surface area (TPSA) is 91.8 Å². The van der Waals surface area contributed by atoms with Crippen molar-refractivity contribution in [1.29, 1.82) is 0 Å². The predicted octanol–water partition coefficient (Wildman–Crippen LogP) is 0.429. The van der Waals surface area contributed by atoms with Gasteiger partial charge in [-0.2, -0.15) is 0 Å². The second kappa shape index (κ2) is 5.24. The molecule has 0 aromatic heterocycles. The molecule has 1 fully saturated rings. The van der Waals surface area contributed by atoms with Gasteiger partial charge in [-0.3, -0.25) is 19.2 Å². The molecule has 1 amide bonds. The molecule has 1 N–H and O–H groups in total. The molecular weight excluding hydrogens is 262 g/mol. The van der Waals surface area contributed by atoms with Crippen LogP contribution < -0.4 is 0 Å². The molecule has 1 saturated heterocycles. The first-order valence-corrected chi connectivity index (χ1v) is 6.05. The highest BCUT2D eigenvalue weighted by molar-refractivity contribution is 6.43. The third-order valence-electron chi connectivity index (χ3n) is 3.29. The molecule has 1 aliphatic rings. The van der Waals surface area contributed by atoms with Gasteiger partial charge in [0.05, 0.1) is 6.04 Å². The number of ketones is 2. The minimum atomic E-state index is -1.23. The largest absolute Gasteiger partial charge is 0.480 e. The first-order chi connectivity index (χ1) is 9.43. The number of nitrogens with zero attached hydrogens (tertiary/aromatic N) is 1. The number of amides is 1. The normalized spacial score (nSPS) is 22.1. The number of aliphatic carboxylic acids is 1. The van der Waals surface area contributed by atoms with Crippen molar-refractivity contribution in [1.82, 2.24) is 4.90 Å². The van der Waals surface area contributed by atoms with Crippen LogP contribution in [0.2, 0.25) is 0 Å². The fourth-order valence-electron chi connectivity index (χ4n) is 2.47. The summed E-state index contributed by atoms with van der Waals surface area (Å²) < 4.78 is 0. The van der Waals surface area contributed by atoms with E-state index in [-0.39, 0.29) is 0 Å². The number of hydrogen-bond acceptors (Lipinski definition) is 4.